The molecule has 4 aromatic rings. The summed E-state index contributed by atoms with van der Waals surface area (Å²) in [6.07, 6.45) is -1.90. The molecule has 2 heterocycles. The van der Waals surface area contributed by atoms with Gasteiger partial charge in [0, 0.05) is 11.3 Å². The van der Waals surface area contributed by atoms with Crippen molar-refractivity contribution < 1.29 is 31.8 Å². The molecular formula is C26H19F5N6O2S. The molecule has 1 fully saturated rings. The van der Waals surface area contributed by atoms with Gasteiger partial charge in [0.1, 0.15) is 29.4 Å². The zero-order chi connectivity index (χ0) is 28.5. The fourth-order valence-corrected chi connectivity index (χ4v) is 4.89. The number of hydrogen-bond donors (Lipinski definition) is 1. The van der Waals surface area contributed by atoms with Gasteiger partial charge in [-0.3, -0.25) is 4.90 Å². The number of aliphatic hydroxyl groups is 1. The summed E-state index contributed by atoms with van der Waals surface area (Å²) in [5.74, 6) is -1.50. The molecule has 0 bridgehead atoms. The first-order valence-electron chi connectivity index (χ1n) is 11.6. The highest BCUT2D eigenvalue weighted by molar-refractivity contribution is 8.14. The Bertz CT molecular complexity index is 1550. The summed E-state index contributed by atoms with van der Waals surface area (Å²) < 4.78 is 71.2. The number of alkyl halides is 3. The summed E-state index contributed by atoms with van der Waals surface area (Å²) >= 11 is 1.11. The number of anilines is 1. The van der Waals surface area contributed by atoms with Crippen LogP contribution in [-0.4, -0.2) is 49.1 Å². The van der Waals surface area contributed by atoms with Gasteiger partial charge in [0.25, 0.3) is 0 Å². The molecule has 40 heavy (non-hydrogen) atoms. The fraction of sp³-hybridized carbons (Fsp3) is 0.154. The van der Waals surface area contributed by atoms with Gasteiger partial charge in [0.15, 0.2) is 16.7 Å². The minimum absolute atomic E-state index is 0.134. The van der Waals surface area contributed by atoms with Gasteiger partial charge in [0.05, 0.1) is 11.9 Å². The van der Waals surface area contributed by atoms with E-state index in [1.54, 1.807) is 24.3 Å². The minimum Gasteiger partial charge on any atom is -0.406 e. The summed E-state index contributed by atoms with van der Waals surface area (Å²) in [6.45, 7) is 1.43. The Morgan fingerprint density at radius 3 is 2.35 bits per heavy atom. The number of ether oxygens (including phenoxy) is 1. The van der Waals surface area contributed by atoms with Gasteiger partial charge >= 0.3 is 6.36 Å². The molecule has 3 aromatic carbocycles. The van der Waals surface area contributed by atoms with Crippen molar-refractivity contribution in [3.8, 4) is 22.8 Å². The topological polar surface area (TPSA) is 88.1 Å². The zero-order valence-corrected chi connectivity index (χ0v) is 21.4. The van der Waals surface area contributed by atoms with Gasteiger partial charge in [-0.1, -0.05) is 42.1 Å². The molecule has 0 amide bonds. The highest BCUT2D eigenvalue weighted by atomic mass is 32.2. The Kier molecular flexibility index (Phi) is 7.29. The van der Waals surface area contributed by atoms with Gasteiger partial charge in [-0.25, -0.2) is 18.4 Å². The molecule has 5 rings (SSSR count). The molecule has 1 unspecified atom stereocenters. The molecule has 8 nitrogen and oxygen atoms in total. The number of aromatic nitrogens is 3. The Morgan fingerprint density at radius 1 is 1.02 bits per heavy atom. The molecule has 1 aliphatic rings. The van der Waals surface area contributed by atoms with Crippen molar-refractivity contribution in [1.29, 1.82) is 0 Å². The number of para-hydroxylation sites is 1. The maximum Gasteiger partial charge on any atom is 0.573 e. The predicted octanol–water partition coefficient (Wildman–Crippen LogP) is 5.76. The van der Waals surface area contributed by atoms with E-state index in [2.05, 4.69) is 25.0 Å². The average Bonchev–Trinajstić information content (AvgIpc) is 3.49. The Labute approximate surface area is 228 Å². The largest absolute Gasteiger partial charge is 0.573 e. The first-order valence-corrected chi connectivity index (χ1v) is 12.6. The SMILES string of the molecule is CC1(O)CSC(=NN=Cc2ccc(-c3ncn(-c4ccc(OC(F)(F)F)cc4)n3)cc2)N1c1c(F)cccc1F. The summed E-state index contributed by atoms with van der Waals surface area (Å²) in [4.78, 5) is 5.33. The molecule has 206 valence electrons. The molecular weight excluding hydrogens is 555 g/mol. The van der Waals surface area contributed by atoms with Crippen molar-refractivity contribution in [2.75, 3.05) is 10.7 Å². The van der Waals surface area contributed by atoms with Crippen LogP contribution < -0.4 is 9.64 Å². The molecule has 0 radical (unpaired) electrons. The van der Waals surface area contributed by atoms with Crippen LogP contribution in [0.15, 0.2) is 83.3 Å². The van der Waals surface area contributed by atoms with Crippen LogP contribution >= 0.6 is 11.8 Å². The first kappa shape index (κ1) is 27.3. The highest BCUT2D eigenvalue weighted by Gasteiger charge is 2.43. The summed E-state index contributed by atoms with van der Waals surface area (Å²) in [5.41, 5.74) is -0.162. The monoisotopic (exact) mass is 574 g/mol. The number of benzene rings is 3. The second-order valence-electron chi connectivity index (χ2n) is 8.71. The van der Waals surface area contributed by atoms with Gasteiger partial charge in [-0.05, 0) is 48.9 Å². The van der Waals surface area contributed by atoms with Crippen LogP contribution in [0, 0.1) is 11.6 Å². The third kappa shape index (κ3) is 5.97. The maximum absolute atomic E-state index is 14.4. The normalized spacial score (nSPS) is 18.7. The van der Waals surface area contributed by atoms with Crippen molar-refractivity contribution >= 4 is 28.8 Å². The van der Waals surface area contributed by atoms with Gasteiger partial charge in [-0.2, -0.15) is 5.10 Å². The van der Waals surface area contributed by atoms with E-state index in [9.17, 15) is 27.1 Å². The number of nitrogens with zero attached hydrogens (tertiary/aromatic N) is 6. The number of thioether (sulfide) groups is 1. The molecule has 0 saturated carbocycles. The highest BCUT2D eigenvalue weighted by Crippen LogP contribution is 2.38. The molecule has 1 atom stereocenters. The van der Waals surface area contributed by atoms with E-state index in [0.29, 0.717) is 22.6 Å². The fourth-order valence-electron chi connectivity index (χ4n) is 3.83. The van der Waals surface area contributed by atoms with Crippen molar-refractivity contribution in [3.63, 3.8) is 0 Å². The molecule has 1 saturated heterocycles. The summed E-state index contributed by atoms with van der Waals surface area (Å²) in [7, 11) is 0. The predicted molar refractivity (Wildman–Crippen MR) is 140 cm³/mol. The van der Waals surface area contributed by atoms with Gasteiger partial charge in [-0.15, -0.1) is 23.4 Å². The van der Waals surface area contributed by atoms with E-state index in [4.69, 9.17) is 0 Å². The smallest absolute Gasteiger partial charge is 0.406 e. The quantitative estimate of drug-likeness (QED) is 0.179. The van der Waals surface area contributed by atoms with E-state index in [-0.39, 0.29) is 16.7 Å². The van der Waals surface area contributed by atoms with Crippen LogP contribution in [0.4, 0.5) is 27.6 Å². The van der Waals surface area contributed by atoms with Crippen molar-refractivity contribution in [2.45, 2.75) is 19.0 Å². The third-order valence-electron chi connectivity index (χ3n) is 5.65. The summed E-state index contributed by atoms with van der Waals surface area (Å²) in [5, 5.41) is 23.3. The van der Waals surface area contributed by atoms with Crippen LogP contribution in [0.25, 0.3) is 17.1 Å². The lowest BCUT2D eigenvalue weighted by atomic mass is 10.1. The van der Waals surface area contributed by atoms with E-state index >= 15 is 0 Å². The maximum atomic E-state index is 14.4. The number of amidine groups is 1. The summed E-state index contributed by atoms with van der Waals surface area (Å²) in [6, 6.07) is 15.6. The van der Waals surface area contributed by atoms with Crippen LogP contribution in [0.5, 0.6) is 5.75 Å². The standard InChI is InChI=1S/C26H19F5N6O2S/c1-25(38)14-40-24(37(25)22-20(27)3-2-4-21(22)28)34-33-13-16-5-7-17(8-6-16)23-32-15-36(35-23)18-9-11-19(12-10-18)39-26(29,30)31/h2-13,15,38H,14H2,1H3. The molecule has 14 heteroatoms. The zero-order valence-electron chi connectivity index (χ0n) is 20.5. The van der Waals surface area contributed by atoms with E-state index in [1.165, 1.54) is 54.5 Å². The Balaban J connectivity index is 1.29. The molecule has 1 aromatic heterocycles. The lowest BCUT2D eigenvalue weighted by Gasteiger charge is -2.30. The molecule has 0 spiro atoms. The van der Waals surface area contributed by atoms with Crippen molar-refractivity contribution in [3.05, 3.63) is 90.3 Å². The van der Waals surface area contributed by atoms with Crippen LogP contribution in [0.1, 0.15) is 12.5 Å². The van der Waals surface area contributed by atoms with E-state index < -0.39 is 29.4 Å². The lowest BCUT2D eigenvalue weighted by molar-refractivity contribution is -0.274. The van der Waals surface area contributed by atoms with Gasteiger partial charge in [0.2, 0.25) is 0 Å². The molecule has 1 N–H and O–H groups in total. The second kappa shape index (κ2) is 10.7. The molecule has 1 aliphatic heterocycles. The Morgan fingerprint density at radius 2 is 1.70 bits per heavy atom. The van der Waals surface area contributed by atoms with Crippen molar-refractivity contribution in [2.24, 2.45) is 10.2 Å². The Hall–Kier alpha value is -4.30. The minimum atomic E-state index is -4.77. The van der Waals surface area contributed by atoms with Crippen LogP contribution in [0.2, 0.25) is 0 Å². The number of hydrogen-bond acceptors (Lipinski definition) is 7. The van der Waals surface area contributed by atoms with Gasteiger partial charge < -0.3 is 9.84 Å². The molecule has 0 aliphatic carbocycles. The number of halogens is 5. The van der Waals surface area contributed by atoms with E-state index in [1.807, 2.05) is 0 Å². The number of rotatable bonds is 6. The average molecular weight is 575 g/mol. The first-order chi connectivity index (χ1) is 19.0. The second-order valence-corrected chi connectivity index (χ2v) is 9.66. The van der Waals surface area contributed by atoms with E-state index in [0.717, 1.165) is 28.8 Å². The van der Waals surface area contributed by atoms with Crippen LogP contribution in [0.3, 0.4) is 0 Å². The van der Waals surface area contributed by atoms with Crippen molar-refractivity contribution in [1.82, 2.24) is 14.8 Å². The lowest BCUT2D eigenvalue weighted by Crippen LogP contribution is -2.46. The third-order valence-corrected chi connectivity index (χ3v) is 6.87. The van der Waals surface area contributed by atoms with Crippen LogP contribution in [-0.2, 0) is 0 Å².